The average molecular weight is 236 g/mol. The van der Waals surface area contributed by atoms with Gasteiger partial charge in [0.25, 0.3) is 0 Å². The predicted octanol–water partition coefficient (Wildman–Crippen LogP) is 1.42. The van der Waals surface area contributed by atoms with Gasteiger partial charge in [-0.25, -0.2) is 0 Å². The summed E-state index contributed by atoms with van der Waals surface area (Å²) in [5.74, 6) is 0.0424. The molecule has 3 N–H and O–H groups in total. The molecule has 0 aromatic heterocycles. The van der Waals surface area contributed by atoms with Gasteiger partial charge >= 0.3 is 0 Å². The van der Waals surface area contributed by atoms with Crippen LogP contribution in [0.1, 0.15) is 36.5 Å². The maximum atomic E-state index is 10.4. The van der Waals surface area contributed by atoms with Crippen LogP contribution in [0.25, 0.3) is 0 Å². The number of hydrogen-bond donors (Lipinski definition) is 3. The highest BCUT2D eigenvalue weighted by molar-refractivity contribution is 5.30. The Morgan fingerprint density at radius 2 is 2.06 bits per heavy atom. The van der Waals surface area contributed by atoms with Crippen molar-refractivity contribution in [2.75, 3.05) is 6.61 Å². The largest absolute Gasteiger partial charge is 0.394 e. The SMILES string of the molecule is OCC(O)CC1CCCc2ccccc2C1O. The fourth-order valence-electron chi connectivity index (χ4n) is 2.69. The molecule has 2 rings (SSSR count). The summed E-state index contributed by atoms with van der Waals surface area (Å²) in [6.45, 7) is -0.231. The zero-order valence-corrected chi connectivity index (χ0v) is 9.92. The Morgan fingerprint density at radius 3 is 2.82 bits per heavy atom. The van der Waals surface area contributed by atoms with Gasteiger partial charge in [0.2, 0.25) is 0 Å². The molecule has 3 unspecified atom stereocenters. The fraction of sp³-hybridized carbons (Fsp3) is 0.571. The van der Waals surface area contributed by atoms with Gasteiger partial charge in [-0.1, -0.05) is 24.3 Å². The molecule has 1 aromatic carbocycles. The van der Waals surface area contributed by atoms with Crippen LogP contribution in [0.4, 0.5) is 0 Å². The van der Waals surface area contributed by atoms with Gasteiger partial charge in [-0.15, -0.1) is 0 Å². The number of hydrogen-bond acceptors (Lipinski definition) is 3. The van der Waals surface area contributed by atoms with Crippen LogP contribution < -0.4 is 0 Å². The first-order valence-corrected chi connectivity index (χ1v) is 6.27. The monoisotopic (exact) mass is 236 g/mol. The summed E-state index contributed by atoms with van der Waals surface area (Å²) in [7, 11) is 0. The van der Waals surface area contributed by atoms with Crippen molar-refractivity contribution in [3.05, 3.63) is 35.4 Å². The molecule has 17 heavy (non-hydrogen) atoms. The van der Waals surface area contributed by atoms with Gasteiger partial charge in [-0.3, -0.25) is 0 Å². The van der Waals surface area contributed by atoms with Gasteiger partial charge in [-0.2, -0.15) is 0 Å². The lowest BCUT2D eigenvalue weighted by Gasteiger charge is -2.23. The van der Waals surface area contributed by atoms with E-state index in [0.29, 0.717) is 6.42 Å². The Hall–Kier alpha value is -0.900. The van der Waals surface area contributed by atoms with Gasteiger partial charge in [0.05, 0.1) is 18.8 Å². The molecule has 0 amide bonds. The van der Waals surface area contributed by atoms with E-state index >= 15 is 0 Å². The van der Waals surface area contributed by atoms with Crippen molar-refractivity contribution in [1.29, 1.82) is 0 Å². The van der Waals surface area contributed by atoms with E-state index in [-0.39, 0.29) is 12.5 Å². The number of aryl methyl sites for hydroxylation is 1. The molecule has 3 heteroatoms. The van der Waals surface area contributed by atoms with E-state index in [2.05, 4.69) is 6.07 Å². The lowest BCUT2D eigenvalue weighted by molar-refractivity contribution is 0.0317. The molecule has 94 valence electrons. The maximum Gasteiger partial charge on any atom is 0.0821 e. The second-order valence-corrected chi connectivity index (χ2v) is 4.87. The van der Waals surface area contributed by atoms with E-state index in [1.165, 1.54) is 5.56 Å². The minimum Gasteiger partial charge on any atom is -0.394 e. The maximum absolute atomic E-state index is 10.4. The molecule has 3 nitrogen and oxygen atoms in total. The molecule has 0 radical (unpaired) electrons. The minimum absolute atomic E-state index is 0.0424. The van der Waals surface area contributed by atoms with E-state index in [9.17, 15) is 10.2 Å². The number of aliphatic hydroxyl groups excluding tert-OH is 3. The van der Waals surface area contributed by atoms with Crippen LogP contribution in [-0.4, -0.2) is 28.0 Å². The van der Waals surface area contributed by atoms with Crippen molar-refractivity contribution in [2.45, 2.75) is 37.9 Å². The normalized spacial score (nSPS) is 26.1. The van der Waals surface area contributed by atoms with Crippen LogP contribution >= 0.6 is 0 Å². The first-order chi connectivity index (χ1) is 8.22. The van der Waals surface area contributed by atoms with Crippen LogP contribution in [0.3, 0.4) is 0 Å². The van der Waals surface area contributed by atoms with Crippen molar-refractivity contribution in [1.82, 2.24) is 0 Å². The van der Waals surface area contributed by atoms with Gasteiger partial charge < -0.3 is 15.3 Å². The first-order valence-electron chi connectivity index (χ1n) is 6.27. The van der Waals surface area contributed by atoms with Crippen LogP contribution in [0.5, 0.6) is 0 Å². The van der Waals surface area contributed by atoms with Crippen molar-refractivity contribution >= 4 is 0 Å². The van der Waals surface area contributed by atoms with Crippen LogP contribution in [0.2, 0.25) is 0 Å². The third kappa shape index (κ3) is 2.86. The van der Waals surface area contributed by atoms with Gasteiger partial charge in [0.15, 0.2) is 0 Å². The Morgan fingerprint density at radius 1 is 1.29 bits per heavy atom. The van der Waals surface area contributed by atoms with Crippen molar-refractivity contribution in [2.24, 2.45) is 5.92 Å². The lowest BCUT2D eigenvalue weighted by atomic mass is 9.89. The summed E-state index contributed by atoms with van der Waals surface area (Å²) in [6, 6.07) is 7.95. The third-order valence-electron chi connectivity index (χ3n) is 3.63. The summed E-state index contributed by atoms with van der Waals surface area (Å²) in [6.07, 6.45) is 2.13. The molecular formula is C14H20O3. The van der Waals surface area contributed by atoms with E-state index in [1.54, 1.807) is 0 Å². The minimum atomic E-state index is -0.722. The summed E-state index contributed by atoms with van der Waals surface area (Å²) >= 11 is 0. The Labute approximate surface area is 102 Å². The molecule has 0 saturated carbocycles. The smallest absolute Gasteiger partial charge is 0.0821 e. The summed E-state index contributed by atoms with van der Waals surface area (Å²) in [5, 5.41) is 28.7. The highest BCUT2D eigenvalue weighted by atomic mass is 16.3. The van der Waals surface area contributed by atoms with Crippen LogP contribution in [0.15, 0.2) is 24.3 Å². The van der Waals surface area contributed by atoms with E-state index in [1.807, 2.05) is 18.2 Å². The van der Waals surface area contributed by atoms with Crippen molar-refractivity contribution < 1.29 is 15.3 Å². The molecule has 0 aliphatic heterocycles. The zero-order chi connectivity index (χ0) is 12.3. The van der Waals surface area contributed by atoms with E-state index < -0.39 is 12.2 Å². The molecule has 0 bridgehead atoms. The Bertz CT molecular complexity index is 364. The van der Waals surface area contributed by atoms with Crippen molar-refractivity contribution in [3.63, 3.8) is 0 Å². The third-order valence-corrected chi connectivity index (χ3v) is 3.63. The highest BCUT2D eigenvalue weighted by Crippen LogP contribution is 2.35. The second kappa shape index (κ2) is 5.63. The van der Waals surface area contributed by atoms with Gasteiger partial charge in [-0.05, 0) is 42.7 Å². The zero-order valence-electron chi connectivity index (χ0n) is 9.92. The second-order valence-electron chi connectivity index (χ2n) is 4.87. The lowest BCUT2D eigenvalue weighted by Crippen LogP contribution is -2.21. The summed E-state index contributed by atoms with van der Waals surface area (Å²) in [4.78, 5) is 0. The number of fused-ring (bicyclic) bond motifs is 1. The molecule has 0 saturated heterocycles. The Kier molecular flexibility index (Phi) is 4.15. The molecular weight excluding hydrogens is 216 g/mol. The molecule has 1 aromatic rings. The molecule has 3 atom stereocenters. The Balaban J connectivity index is 2.17. The average Bonchev–Trinajstić information content (AvgIpc) is 2.51. The summed E-state index contributed by atoms with van der Waals surface area (Å²) in [5.41, 5.74) is 2.20. The van der Waals surface area contributed by atoms with Gasteiger partial charge in [0, 0.05) is 0 Å². The standard InChI is InChI=1S/C14H20O3/c15-9-12(16)8-11-6-3-5-10-4-1-2-7-13(10)14(11)17/h1-2,4,7,11-12,14-17H,3,5-6,8-9H2. The fourth-order valence-corrected chi connectivity index (χ4v) is 2.69. The first kappa shape index (κ1) is 12.6. The quantitative estimate of drug-likeness (QED) is 0.695. The van der Waals surface area contributed by atoms with E-state index in [4.69, 9.17) is 5.11 Å². The van der Waals surface area contributed by atoms with E-state index in [0.717, 1.165) is 24.8 Å². The number of rotatable bonds is 3. The van der Waals surface area contributed by atoms with Crippen molar-refractivity contribution in [3.8, 4) is 0 Å². The molecule has 0 heterocycles. The summed E-state index contributed by atoms with van der Waals surface area (Å²) < 4.78 is 0. The molecule has 0 fully saturated rings. The molecule has 1 aliphatic carbocycles. The van der Waals surface area contributed by atoms with Crippen LogP contribution in [0, 0.1) is 5.92 Å². The highest BCUT2D eigenvalue weighted by Gasteiger charge is 2.27. The topological polar surface area (TPSA) is 60.7 Å². The number of benzene rings is 1. The van der Waals surface area contributed by atoms with Crippen LogP contribution in [-0.2, 0) is 6.42 Å². The van der Waals surface area contributed by atoms with Gasteiger partial charge in [0.1, 0.15) is 0 Å². The number of aliphatic hydroxyl groups is 3. The predicted molar refractivity (Wildman–Crippen MR) is 65.5 cm³/mol. The molecule has 1 aliphatic rings. The molecule has 0 spiro atoms.